The molecule has 0 saturated heterocycles. The van der Waals surface area contributed by atoms with Crippen LogP contribution in [0.15, 0.2) is 24.3 Å². The lowest BCUT2D eigenvalue weighted by Gasteiger charge is -2.30. The number of hydrogen-bond acceptors (Lipinski definition) is 2. The van der Waals surface area contributed by atoms with Gasteiger partial charge in [-0.15, -0.1) is 0 Å². The minimum atomic E-state index is -0.178. The maximum atomic E-state index is 6.63. The Labute approximate surface area is 104 Å². The van der Waals surface area contributed by atoms with Gasteiger partial charge in [0, 0.05) is 18.8 Å². The van der Waals surface area contributed by atoms with Crippen molar-refractivity contribution in [2.45, 2.75) is 44.6 Å². The summed E-state index contributed by atoms with van der Waals surface area (Å²) >= 11 is 0. The average molecular weight is 233 g/mol. The number of benzene rings is 1. The molecule has 1 aromatic carbocycles. The number of hydrogen-bond donors (Lipinski definition) is 1. The van der Waals surface area contributed by atoms with E-state index < -0.39 is 0 Å². The molecule has 0 heterocycles. The van der Waals surface area contributed by atoms with Crippen LogP contribution in [0.3, 0.4) is 0 Å². The van der Waals surface area contributed by atoms with Crippen molar-refractivity contribution in [3.05, 3.63) is 35.4 Å². The Balaban J connectivity index is 2.20. The Morgan fingerprint density at radius 2 is 2.12 bits per heavy atom. The summed E-state index contributed by atoms with van der Waals surface area (Å²) in [5.74, 6) is 0. The standard InChI is InChI=1S/C15H23NO/c1-2-17-12-11-15(16)10-6-5-8-13-7-3-4-9-14(13)15/h3-4,7,9H,2,5-6,8,10-12,16H2,1H3. The normalized spacial score (nSPS) is 24.1. The van der Waals surface area contributed by atoms with Gasteiger partial charge in [-0.05, 0) is 43.7 Å². The maximum Gasteiger partial charge on any atom is 0.0486 e. The molecule has 2 heteroatoms. The van der Waals surface area contributed by atoms with Gasteiger partial charge >= 0.3 is 0 Å². The SMILES string of the molecule is CCOCCC1(N)CCCCc2ccccc21. The molecular formula is C15H23NO. The van der Waals surface area contributed by atoms with E-state index in [0.29, 0.717) is 0 Å². The Kier molecular flexibility index (Phi) is 4.19. The fraction of sp³-hybridized carbons (Fsp3) is 0.600. The number of fused-ring (bicyclic) bond motifs is 1. The fourth-order valence-electron chi connectivity index (χ4n) is 2.77. The van der Waals surface area contributed by atoms with Crippen LogP contribution in [0.1, 0.15) is 43.7 Å². The fourth-order valence-corrected chi connectivity index (χ4v) is 2.77. The monoisotopic (exact) mass is 233 g/mol. The van der Waals surface area contributed by atoms with Crippen LogP contribution >= 0.6 is 0 Å². The molecule has 94 valence electrons. The maximum absolute atomic E-state index is 6.63. The first-order valence-corrected chi connectivity index (χ1v) is 6.71. The van der Waals surface area contributed by atoms with Crippen molar-refractivity contribution in [2.75, 3.05) is 13.2 Å². The third-order valence-corrected chi connectivity index (χ3v) is 3.77. The molecule has 0 radical (unpaired) electrons. The van der Waals surface area contributed by atoms with Crippen LogP contribution in [0.5, 0.6) is 0 Å². The largest absolute Gasteiger partial charge is 0.382 e. The third kappa shape index (κ3) is 2.88. The third-order valence-electron chi connectivity index (χ3n) is 3.77. The highest BCUT2D eigenvalue weighted by Crippen LogP contribution is 2.34. The molecule has 2 nitrogen and oxygen atoms in total. The molecular weight excluding hydrogens is 210 g/mol. The number of aryl methyl sites for hydroxylation is 1. The second-order valence-electron chi connectivity index (χ2n) is 4.97. The molecule has 1 aliphatic carbocycles. The van der Waals surface area contributed by atoms with Crippen LogP contribution in [0.2, 0.25) is 0 Å². The van der Waals surface area contributed by atoms with Gasteiger partial charge in [-0.1, -0.05) is 30.7 Å². The molecule has 1 atom stereocenters. The van der Waals surface area contributed by atoms with Crippen molar-refractivity contribution in [1.82, 2.24) is 0 Å². The van der Waals surface area contributed by atoms with E-state index in [1.807, 2.05) is 6.92 Å². The first kappa shape index (κ1) is 12.6. The molecule has 0 amide bonds. The van der Waals surface area contributed by atoms with Gasteiger partial charge in [0.15, 0.2) is 0 Å². The first-order chi connectivity index (χ1) is 8.26. The molecule has 1 unspecified atom stereocenters. The minimum Gasteiger partial charge on any atom is -0.382 e. The zero-order valence-corrected chi connectivity index (χ0v) is 10.7. The van der Waals surface area contributed by atoms with Gasteiger partial charge < -0.3 is 10.5 Å². The zero-order valence-electron chi connectivity index (χ0n) is 10.7. The smallest absolute Gasteiger partial charge is 0.0486 e. The van der Waals surface area contributed by atoms with E-state index in [0.717, 1.165) is 26.1 Å². The van der Waals surface area contributed by atoms with E-state index in [4.69, 9.17) is 10.5 Å². The number of rotatable bonds is 4. The summed E-state index contributed by atoms with van der Waals surface area (Å²) in [6.07, 6.45) is 5.65. The van der Waals surface area contributed by atoms with E-state index in [-0.39, 0.29) is 5.54 Å². The van der Waals surface area contributed by atoms with Crippen LogP contribution in [-0.4, -0.2) is 13.2 Å². The van der Waals surface area contributed by atoms with Crippen molar-refractivity contribution in [3.8, 4) is 0 Å². The first-order valence-electron chi connectivity index (χ1n) is 6.71. The lowest BCUT2D eigenvalue weighted by Crippen LogP contribution is -2.38. The van der Waals surface area contributed by atoms with Gasteiger partial charge in [0.25, 0.3) is 0 Å². The van der Waals surface area contributed by atoms with Crippen LogP contribution < -0.4 is 5.73 Å². The number of nitrogens with two attached hydrogens (primary N) is 1. The van der Waals surface area contributed by atoms with E-state index in [1.54, 1.807) is 0 Å². The molecule has 0 saturated carbocycles. The highest BCUT2D eigenvalue weighted by atomic mass is 16.5. The van der Waals surface area contributed by atoms with Crippen LogP contribution in [-0.2, 0) is 16.7 Å². The lowest BCUT2D eigenvalue weighted by molar-refractivity contribution is 0.123. The highest BCUT2D eigenvalue weighted by molar-refractivity contribution is 5.34. The Morgan fingerprint density at radius 1 is 1.29 bits per heavy atom. The quantitative estimate of drug-likeness (QED) is 0.641. The van der Waals surface area contributed by atoms with Crippen LogP contribution in [0.4, 0.5) is 0 Å². The van der Waals surface area contributed by atoms with E-state index in [1.165, 1.54) is 30.4 Å². The van der Waals surface area contributed by atoms with Crippen molar-refractivity contribution >= 4 is 0 Å². The second-order valence-corrected chi connectivity index (χ2v) is 4.97. The van der Waals surface area contributed by atoms with Crippen LogP contribution in [0, 0.1) is 0 Å². The molecule has 0 spiro atoms. The molecule has 0 aliphatic heterocycles. The summed E-state index contributed by atoms with van der Waals surface area (Å²) in [7, 11) is 0. The van der Waals surface area contributed by atoms with Crippen molar-refractivity contribution in [1.29, 1.82) is 0 Å². The number of ether oxygens (including phenoxy) is 1. The minimum absolute atomic E-state index is 0.178. The second kappa shape index (κ2) is 5.65. The van der Waals surface area contributed by atoms with Gasteiger partial charge in [-0.2, -0.15) is 0 Å². The predicted molar refractivity (Wildman–Crippen MR) is 71.0 cm³/mol. The van der Waals surface area contributed by atoms with Crippen molar-refractivity contribution < 1.29 is 4.74 Å². The Hall–Kier alpha value is -0.860. The molecule has 0 aromatic heterocycles. The molecule has 17 heavy (non-hydrogen) atoms. The highest BCUT2D eigenvalue weighted by Gasteiger charge is 2.30. The molecule has 2 rings (SSSR count). The summed E-state index contributed by atoms with van der Waals surface area (Å²) in [4.78, 5) is 0. The molecule has 1 aromatic rings. The molecule has 0 fully saturated rings. The Morgan fingerprint density at radius 3 is 2.94 bits per heavy atom. The van der Waals surface area contributed by atoms with E-state index in [9.17, 15) is 0 Å². The Bertz CT molecular complexity index is 364. The van der Waals surface area contributed by atoms with Gasteiger partial charge in [0.1, 0.15) is 0 Å². The summed E-state index contributed by atoms with van der Waals surface area (Å²) in [6, 6.07) is 8.65. The van der Waals surface area contributed by atoms with Gasteiger partial charge in [-0.25, -0.2) is 0 Å². The summed E-state index contributed by atoms with van der Waals surface area (Å²) < 4.78 is 5.48. The van der Waals surface area contributed by atoms with Gasteiger partial charge in [0.2, 0.25) is 0 Å². The zero-order chi connectivity index (χ0) is 12.1. The topological polar surface area (TPSA) is 35.2 Å². The van der Waals surface area contributed by atoms with E-state index in [2.05, 4.69) is 24.3 Å². The summed E-state index contributed by atoms with van der Waals surface area (Å²) in [5.41, 5.74) is 9.23. The lowest BCUT2D eigenvalue weighted by atomic mass is 9.83. The summed E-state index contributed by atoms with van der Waals surface area (Å²) in [5, 5.41) is 0. The molecule has 2 N–H and O–H groups in total. The molecule has 1 aliphatic rings. The van der Waals surface area contributed by atoms with Crippen molar-refractivity contribution in [3.63, 3.8) is 0 Å². The van der Waals surface area contributed by atoms with Gasteiger partial charge in [0.05, 0.1) is 0 Å². The average Bonchev–Trinajstić information content (AvgIpc) is 2.51. The van der Waals surface area contributed by atoms with Crippen LogP contribution in [0.25, 0.3) is 0 Å². The van der Waals surface area contributed by atoms with Gasteiger partial charge in [-0.3, -0.25) is 0 Å². The van der Waals surface area contributed by atoms with E-state index >= 15 is 0 Å². The predicted octanol–water partition coefficient (Wildman–Crippen LogP) is 2.99. The summed E-state index contributed by atoms with van der Waals surface area (Å²) in [6.45, 7) is 3.57. The molecule has 0 bridgehead atoms. The van der Waals surface area contributed by atoms with Crippen molar-refractivity contribution in [2.24, 2.45) is 5.73 Å².